The third-order valence-electron chi connectivity index (χ3n) is 5.41. The van der Waals surface area contributed by atoms with Gasteiger partial charge in [-0.1, -0.05) is 24.3 Å². The molecule has 2 heterocycles. The lowest BCUT2D eigenvalue weighted by molar-refractivity contribution is 0.0866. The number of amides is 1. The molecule has 0 bridgehead atoms. The van der Waals surface area contributed by atoms with Crippen LogP contribution in [0, 0.1) is 13.8 Å². The number of aromatic nitrogens is 2. The van der Waals surface area contributed by atoms with Crippen LogP contribution in [0.1, 0.15) is 52.3 Å². The van der Waals surface area contributed by atoms with Crippen molar-refractivity contribution in [1.82, 2.24) is 14.9 Å². The molecule has 0 aliphatic carbocycles. The van der Waals surface area contributed by atoms with Gasteiger partial charge in [-0.3, -0.25) is 14.6 Å². The Morgan fingerprint density at radius 1 is 1.13 bits per heavy atom. The molecule has 2 aromatic heterocycles. The third-order valence-corrected chi connectivity index (χ3v) is 5.41. The normalized spacial score (nSPS) is 11.4. The maximum Gasteiger partial charge on any atom is 0.257 e. The molecule has 0 atom stereocenters. The topological polar surface area (TPSA) is 84.2 Å². The summed E-state index contributed by atoms with van der Waals surface area (Å²) in [6.45, 7) is 7.61. The second kappa shape index (κ2) is 9.27. The van der Waals surface area contributed by atoms with E-state index >= 15 is 0 Å². The number of hydrogen-bond acceptors (Lipinski definition) is 4. The van der Waals surface area contributed by atoms with Crippen molar-refractivity contribution in [2.75, 3.05) is 6.61 Å². The van der Waals surface area contributed by atoms with Gasteiger partial charge in [-0.05, 0) is 56.5 Å². The van der Waals surface area contributed by atoms with Crippen molar-refractivity contribution in [2.24, 2.45) is 0 Å². The minimum Gasteiger partial charge on any atom is -0.394 e. The van der Waals surface area contributed by atoms with E-state index in [0.717, 1.165) is 22.4 Å². The second-order valence-corrected chi connectivity index (χ2v) is 8.51. The molecule has 0 unspecified atom stereocenters. The molecule has 0 aliphatic heterocycles. The van der Waals surface area contributed by atoms with Gasteiger partial charge in [0.2, 0.25) is 0 Å². The highest BCUT2D eigenvalue weighted by molar-refractivity contribution is 5.95. The van der Waals surface area contributed by atoms with Gasteiger partial charge in [0.1, 0.15) is 5.56 Å². The van der Waals surface area contributed by atoms with Gasteiger partial charge in [-0.2, -0.15) is 0 Å². The second-order valence-electron chi connectivity index (χ2n) is 8.51. The summed E-state index contributed by atoms with van der Waals surface area (Å²) in [6, 6.07) is 13.3. The van der Waals surface area contributed by atoms with Crippen LogP contribution in [0.2, 0.25) is 0 Å². The largest absolute Gasteiger partial charge is 0.394 e. The van der Waals surface area contributed by atoms with E-state index in [1.165, 1.54) is 6.07 Å². The number of benzene rings is 1. The fourth-order valence-electron chi connectivity index (χ4n) is 3.55. The third kappa shape index (κ3) is 5.27. The van der Waals surface area contributed by atoms with Gasteiger partial charge in [-0.25, -0.2) is 0 Å². The maximum atomic E-state index is 13.2. The summed E-state index contributed by atoms with van der Waals surface area (Å²) < 4.78 is 2.02. The van der Waals surface area contributed by atoms with Gasteiger partial charge in [0.15, 0.2) is 5.43 Å². The summed E-state index contributed by atoms with van der Waals surface area (Å²) in [5.41, 5.74) is 3.55. The summed E-state index contributed by atoms with van der Waals surface area (Å²) in [6.07, 6.45) is 3.90. The number of carbonyl (C=O) groups is 1. The van der Waals surface area contributed by atoms with E-state index in [0.29, 0.717) is 18.7 Å². The Morgan fingerprint density at radius 2 is 1.81 bits per heavy atom. The summed E-state index contributed by atoms with van der Waals surface area (Å²) in [5.74, 6) is -0.476. The molecule has 6 nitrogen and oxygen atoms in total. The van der Waals surface area contributed by atoms with Crippen LogP contribution in [0.3, 0.4) is 0 Å². The van der Waals surface area contributed by atoms with Gasteiger partial charge in [-0.15, -0.1) is 0 Å². The zero-order valence-corrected chi connectivity index (χ0v) is 18.5. The Morgan fingerprint density at radius 3 is 2.45 bits per heavy atom. The van der Waals surface area contributed by atoms with Crippen molar-refractivity contribution < 1.29 is 9.90 Å². The van der Waals surface area contributed by atoms with Crippen molar-refractivity contribution in [2.45, 2.75) is 46.2 Å². The monoisotopic (exact) mass is 419 g/mol. The van der Waals surface area contributed by atoms with Gasteiger partial charge in [0.05, 0.1) is 12.1 Å². The first-order valence-electron chi connectivity index (χ1n) is 10.3. The maximum absolute atomic E-state index is 13.2. The van der Waals surface area contributed by atoms with E-state index in [9.17, 15) is 14.7 Å². The number of carbonyl (C=O) groups excluding carboxylic acids is 1. The van der Waals surface area contributed by atoms with E-state index < -0.39 is 11.4 Å². The Labute approximate surface area is 182 Å². The minimum atomic E-state index is -0.843. The van der Waals surface area contributed by atoms with Crippen molar-refractivity contribution in [1.29, 1.82) is 0 Å². The molecule has 0 radical (unpaired) electrons. The summed E-state index contributed by atoms with van der Waals surface area (Å²) in [7, 11) is 0. The number of aryl methyl sites for hydroxylation is 2. The highest BCUT2D eigenvalue weighted by Gasteiger charge is 2.26. The molecule has 31 heavy (non-hydrogen) atoms. The molecule has 162 valence electrons. The Kier molecular flexibility index (Phi) is 6.71. The molecule has 0 aliphatic rings. The van der Waals surface area contributed by atoms with Crippen LogP contribution >= 0.6 is 0 Å². The first kappa shape index (κ1) is 22.4. The average molecular weight is 420 g/mol. The molecular formula is C25H29N3O3. The molecule has 3 rings (SSSR count). The number of aliphatic hydroxyl groups is 1. The van der Waals surface area contributed by atoms with Crippen LogP contribution in [0.4, 0.5) is 0 Å². The van der Waals surface area contributed by atoms with E-state index in [4.69, 9.17) is 0 Å². The lowest BCUT2D eigenvalue weighted by Crippen LogP contribution is -2.48. The molecule has 1 aromatic carbocycles. The molecular weight excluding hydrogens is 390 g/mol. The number of aliphatic hydroxyl groups excluding tert-OH is 1. The van der Waals surface area contributed by atoms with Crippen molar-refractivity contribution in [3.63, 3.8) is 0 Å². The summed E-state index contributed by atoms with van der Waals surface area (Å²) in [5, 5.41) is 12.4. The van der Waals surface area contributed by atoms with Crippen LogP contribution in [-0.4, -0.2) is 32.7 Å². The number of hydrogen-bond donors (Lipinski definition) is 2. The van der Waals surface area contributed by atoms with E-state index in [2.05, 4.69) is 10.3 Å². The number of nitrogens with zero attached hydrogens (tertiary/aromatic N) is 2. The molecule has 6 heteroatoms. The van der Waals surface area contributed by atoms with Crippen LogP contribution in [0.25, 0.3) is 0 Å². The molecule has 2 N–H and O–H groups in total. The highest BCUT2D eigenvalue weighted by Crippen LogP contribution is 2.19. The predicted octanol–water partition coefficient (Wildman–Crippen LogP) is 3.00. The standard InChI is InChI=1S/C25H29N3O3/c1-17-7-5-6-8-20(17)14-21-23(24(31)27-25(3,4)16-29)22(30)13-18(2)28(21)15-19-9-11-26-12-10-19/h5-13,29H,14-16H2,1-4H3,(H,27,31). The number of rotatable bonds is 7. The lowest BCUT2D eigenvalue weighted by Gasteiger charge is -2.26. The Bertz CT molecular complexity index is 1130. The molecule has 0 fully saturated rings. The van der Waals surface area contributed by atoms with Crippen LogP contribution < -0.4 is 10.7 Å². The number of pyridine rings is 2. The molecule has 0 saturated heterocycles. The predicted molar refractivity (Wildman–Crippen MR) is 121 cm³/mol. The van der Waals surface area contributed by atoms with Gasteiger partial charge in [0.25, 0.3) is 5.91 Å². The van der Waals surface area contributed by atoms with E-state index in [1.807, 2.05) is 54.8 Å². The Hall–Kier alpha value is -3.25. The smallest absolute Gasteiger partial charge is 0.257 e. The van der Waals surface area contributed by atoms with Crippen molar-refractivity contribution in [3.05, 3.63) is 98.7 Å². The van der Waals surface area contributed by atoms with Gasteiger partial charge >= 0.3 is 0 Å². The van der Waals surface area contributed by atoms with E-state index in [1.54, 1.807) is 26.2 Å². The van der Waals surface area contributed by atoms with Crippen LogP contribution in [0.5, 0.6) is 0 Å². The van der Waals surface area contributed by atoms with Crippen molar-refractivity contribution in [3.8, 4) is 0 Å². The van der Waals surface area contributed by atoms with Crippen LogP contribution in [-0.2, 0) is 13.0 Å². The summed E-state index contributed by atoms with van der Waals surface area (Å²) >= 11 is 0. The molecule has 0 saturated carbocycles. The highest BCUT2D eigenvalue weighted by atomic mass is 16.3. The fraction of sp³-hybridized carbons (Fsp3) is 0.320. The fourth-order valence-corrected chi connectivity index (χ4v) is 3.55. The zero-order chi connectivity index (χ0) is 22.6. The van der Waals surface area contributed by atoms with Gasteiger partial charge < -0.3 is 15.0 Å². The first-order chi connectivity index (χ1) is 14.7. The minimum absolute atomic E-state index is 0.115. The summed E-state index contributed by atoms with van der Waals surface area (Å²) in [4.78, 5) is 30.3. The quantitative estimate of drug-likeness (QED) is 0.617. The van der Waals surface area contributed by atoms with Gasteiger partial charge in [0, 0.05) is 42.8 Å². The zero-order valence-electron chi connectivity index (χ0n) is 18.5. The molecule has 1 amide bonds. The van der Waals surface area contributed by atoms with Crippen LogP contribution in [0.15, 0.2) is 59.7 Å². The molecule has 0 spiro atoms. The molecule has 3 aromatic rings. The van der Waals surface area contributed by atoms with Crippen molar-refractivity contribution >= 4 is 5.91 Å². The lowest BCUT2D eigenvalue weighted by atomic mass is 9.98. The SMILES string of the molecule is Cc1ccccc1Cc1c(C(=O)NC(C)(C)CO)c(=O)cc(C)n1Cc1ccncc1. The Balaban J connectivity index is 2.18. The van der Waals surface area contributed by atoms with E-state index in [-0.39, 0.29) is 17.6 Å². The first-order valence-corrected chi connectivity index (χ1v) is 10.3. The average Bonchev–Trinajstić information content (AvgIpc) is 2.72. The number of nitrogens with one attached hydrogen (secondary N) is 1.